The summed E-state index contributed by atoms with van der Waals surface area (Å²) in [7, 11) is 1.66. The van der Waals surface area contributed by atoms with Gasteiger partial charge in [0.1, 0.15) is 11.4 Å². The molecule has 4 rings (SSSR count). The van der Waals surface area contributed by atoms with Crippen molar-refractivity contribution in [2.24, 2.45) is 0 Å². The Bertz CT molecular complexity index is 813. The molecular weight excluding hydrogens is 312 g/mol. The van der Waals surface area contributed by atoms with Crippen LogP contribution in [-0.2, 0) is 5.72 Å². The SMILES string of the molecule is COc1ccc([C@@]2(O)CN(c3cccc(C)c3)C3=[N+]2CCCC3)cc1. The van der Waals surface area contributed by atoms with Gasteiger partial charge in [0.15, 0.2) is 6.54 Å². The van der Waals surface area contributed by atoms with E-state index in [1.165, 1.54) is 17.8 Å². The minimum absolute atomic E-state index is 0.554. The standard InChI is InChI=1S/C21H25N2O2/c1-16-6-5-7-18(14-16)22-15-21(24,23-13-4-3-8-20(22)23)17-9-11-19(25-2)12-10-17/h5-7,9-12,14,24H,3-4,8,13,15H2,1-2H3/q+1/t21-/m0/s1. The number of ether oxygens (including phenoxy) is 1. The lowest BCUT2D eigenvalue weighted by atomic mass is 10.0. The van der Waals surface area contributed by atoms with Crippen LogP contribution < -0.4 is 9.64 Å². The Kier molecular flexibility index (Phi) is 4.00. The van der Waals surface area contributed by atoms with E-state index in [1.807, 2.05) is 24.3 Å². The Hall–Kier alpha value is -2.33. The topological polar surface area (TPSA) is 35.7 Å². The molecule has 1 N–H and O–H groups in total. The lowest BCUT2D eigenvalue weighted by Gasteiger charge is -2.24. The molecule has 0 radical (unpaired) electrons. The Labute approximate surface area is 149 Å². The van der Waals surface area contributed by atoms with E-state index < -0.39 is 5.72 Å². The molecule has 2 aliphatic heterocycles. The lowest BCUT2D eigenvalue weighted by molar-refractivity contribution is -0.661. The van der Waals surface area contributed by atoms with Crippen molar-refractivity contribution < 1.29 is 14.4 Å². The molecule has 0 saturated carbocycles. The second-order valence-electron chi connectivity index (χ2n) is 7.00. The molecule has 0 aliphatic carbocycles. The first-order valence-corrected chi connectivity index (χ1v) is 8.96. The van der Waals surface area contributed by atoms with Gasteiger partial charge < -0.3 is 9.84 Å². The smallest absolute Gasteiger partial charge is 0.271 e. The van der Waals surface area contributed by atoms with Gasteiger partial charge in [-0.2, -0.15) is 0 Å². The van der Waals surface area contributed by atoms with Crippen LogP contribution in [0.1, 0.15) is 30.4 Å². The summed E-state index contributed by atoms with van der Waals surface area (Å²) in [6, 6.07) is 16.3. The summed E-state index contributed by atoms with van der Waals surface area (Å²) in [5.41, 5.74) is 2.32. The van der Waals surface area contributed by atoms with Crippen molar-refractivity contribution in [1.82, 2.24) is 0 Å². The van der Waals surface area contributed by atoms with Gasteiger partial charge in [0.05, 0.1) is 13.7 Å². The van der Waals surface area contributed by atoms with Crippen LogP contribution in [0.4, 0.5) is 5.69 Å². The zero-order valence-electron chi connectivity index (χ0n) is 14.9. The molecule has 2 aliphatic rings. The number of methoxy groups -OCH3 is 1. The van der Waals surface area contributed by atoms with Crippen molar-refractivity contribution in [3.63, 3.8) is 0 Å². The Morgan fingerprint density at radius 2 is 1.92 bits per heavy atom. The largest absolute Gasteiger partial charge is 0.497 e. The molecule has 1 atom stereocenters. The number of β-amino-alcohol motifs (C(OH)–C–C–N with tert-alkyl or cyclic N) is 1. The van der Waals surface area contributed by atoms with Gasteiger partial charge >= 0.3 is 0 Å². The van der Waals surface area contributed by atoms with Gasteiger partial charge in [-0.25, -0.2) is 9.48 Å². The highest BCUT2D eigenvalue weighted by atomic mass is 16.5. The molecule has 0 unspecified atom stereocenters. The summed E-state index contributed by atoms with van der Waals surface area (Å²) in [5.74, 6) is 2.04. The molecule has 130 valence electrons. The van der Waals surface area contributed by atoms with E-state index >= 15 is 0 Å². The fraction of sp³-hybridized carbons (Fsp3) is 0.381. The van der Waals surface area contributed by atoms with Gasteiger partial charge in [-0.3, -0.25) is 0 Å². The minimum Gasteiger partial charge on any atom is -0.497 e. The van der Waals surface area contributed by atoms with E-state index in [2.05, 4.69) is 40.7 Å². The second-order valence-corrected chi connectivity index (χ2v) is 7.00. The number of nitrogens with zero attached hydrogens (tertiary/aromatic N) is 2. The molecule has 2 aromatic rings. The molecule has 4 heteroatoms. The molecule has 2 aromatic carbocycles. The number of benzene rings is 2. The third-order valence-electron chi connectivity index (χ3n) is 5.35. The number of hydrogen-bond acceptors (Lipinski definition) is 3. The van der Waals surface area contributed by atoms with Crippen LogP contribution >= 0.6 is 0 Å². The Morgan fingerprint density at radius 3 is 2.64 bits per heavy atom. The molecule has 4 nitrogen and oxygen atoms in total. The van der Waals surface area contributed by atoms with Crippen LogP contribution in [0.25, 0.3) is 0 Å². The number of anilines is 1. The van der Waals surface area contributed by atoms with Gasteiger partial charge in [0, 0.05) is 12.0 Å². The maximum Gasteiger partial charge on any atom is 0.271 e. The van der Waals surface area contributed by atoms with Gasteiger partial charge in [0.2, 0.25) is 0 Å². The number of aliphatic hydroxyl groups is 1. The quantitative estimate of drug-likeness (QED) is 0.873. The number of hydrogen-bond donors (Lipinski definition) is 1. The van der Waals surface area contributed by atoms with E-state index in [0.717, 1.165) is 36.4 Å². The first-order valence-electron chi connectivity index (χ1n) is 8.96. The zero-order chi connectivity index (χ0) is 17.4. The van der Waals surface area contributed by atoms with E-state index in [-0.39, 0.29) is 0 Å². The van der Waals surface area contributed by atoms with E-state index in [9.17, 15) is 5.11 Å². The molecule has 2 heterocycles. The monoisotopic (exact) mass is 337 g/mol. The maximum absolute atomic E-state index is 11.6. The average molecular weight is 337 g/mol. The first kappa shape index (κ1) is 16.2. The van der Waals surface area contributed by atoms with Crippen molar-refractivity contribution >= 4 is 11.5 Å². The van der Waals surface area contributed by atoms with Crippen molar-refractivity contribution in [3.05, 3.63) is 59.7 Å². The highest BCUT2D eigenvalue weighted by Crippen LogP contribution is 2.36. The Balaban J connectivity index is 1.77. The second kappa shape index (κ2) is 6.19. The third kappa shape index (κ3) is 2.71. The van der Waals surface area contributed by atoms with Crippen molar-refractivity contribution in [2.75, 3.05) is 25.1 Å². The number of aryl methyl sites for hydroxylation is 1. The summed E-state index contributed by atoms with van der Waals surface area (Å²) in [6.45, 7) is 3.55. The molecule has 25 heavy (non-hydrogen) atoms. The molecule has 0 saturated heterocycles. The average Bonchev–Trinajstić information content (AvgIpc) is 2.96. The van der Waals surface area contributed by atoms with Crippen LogP contribution in [-0.4, -0.2) is 35.7 Å². The van der Waals surface area contributed by atoms with E-state index in [0.29, 0.717) is 6.54 Å². The normalized spacial score (nSPS) is 22.9. The predicted molar refractivity (Wildman–Crippen MR) is 99.4 cm³/mol. The van der Waals surface area contributed by atoms with Crippen molar-refractivity contribution in [3.8, 4) is 5.75 Å². The van der Waals surface area contributed by atoms with Crippen molar-refractivity contribution in [1.29, 1.82) is 0 Å². The van der Waals surface area contributed by atoms with Crippen molar-refractivity contribution in [2.45, 2.75) is 31.9 Å². The van der Waals surface area contributed by atoms with Crippen LogP contribution in [0, 0.1) is 6.92 Å². The highest BCUT2D eigenvalue weighted by molar-refractivity contribution is 5.96. The van der Waals surface area contributed by atoms with Gasteiger partial charge in [0.25, 0.3) is 11.6 Å². The first-order chi connectivity index (χ1) is 12.1. The Morgan fingerprint density at radius 1 is 1.12 bits per heavy atom. The van der Waals surface area contributed by atoms with Crippen LogP contribution in [0.2, 0.25) is 0 Å². The number of amidine groups is 1. The van der Waals surface area contributed by atoms with E-state index in [4.69, 9.17) is 4.74 Å². The fourth-order valence-corrected chi connectivity index (χ4v) is 4.03. The van der Waals surface area contributed by atoms with Crippen LogP contribution in [0.3, 0.4) is 0 Å². The predicted octanol–water partition coefficient (Wildman–Crippen LogP) is 3.26. The van der Waals surface area contributed by atoms with Gasteiger partial charge in [-0.1, -0.05) is 12.1 Å². The zero-order valence-corrected chi connectivity index (χ0v) is 14.9. The molecule has 0 bridgehead atoms. The summed E-state index contributed by atoms with van der Waals surface area (Å²) in [4.78, 5) is 2.29. The minimum atomic E-state index is -0.994. The molecule has 0 fully saturated rings. The summed E-state index contributed by atoms with van der Waals surface area (Å²) in [5, 5.41) is 11.6. The molecule has 0 amide bonds. The fourth-order valence-electron chi connectivity index (χ4n) is 4.03. The molecule has 0 spiro atoms. The van der Waals surface area contributed by atoms with Crippen LogP contribution in [0.15, 0.2) is 48.5 Å². The van der Waals surface area contributed by atoms with E-state index in [1.54, 1.807) is 7.11 Å². The highest BCUT2D eigenvalue weighted by Gasteiger charge is 2.52. The number of rotatable bonds is 3. The molecular formula is C21H25N2O2+. The summed E-state index contributed by atoms with van der Waals surface area (Å²) >= 11 is 0. The maximum atomic E-state index is 11.6. The van der Waals surface area contributed by atoms with Crippen LogP contribution in [0.5, 0.6) is 5.75 Å². The third-order valence-corrected chi connectivity index (χ3v) is 5.35. The summed E-state index contributed by atoms with van der Waals surface area (Å²) < 4.78 is 7.46. The van der Waals surface area contributed by atoms with Gasteiger partial charge in [-0.15, -0.1) is 0 Å². The lowest BCUT2D eigenvalue weighted by Crippen LogP contribution is -2.41. The summed E-state index contributed by atoms with van der Waals surface area (Å²) in [6.07, 6.45) is 3.29. The molecule has 0 aromatic heterocycles. The van der Waals surface area contributed by atoms with Gasteiger partial charge in [-0.05, 0) is 61.7 Å².